The molecule has 0 N–H and O–H groups in total. The number of hydrogen-bond donors (Lipinski definition) is 0. The minimum atomic E-state index is -0.305. The number of nitrogens with zero attached hydrogens (tertiary/aromatic N) is 3. The van der Waals surface area contributed by atoms with Crippen LogP contribution in [0.1, 0.15) is 19.4 Å². The van der Waals surface area contributed by atoms with E-state index in [0.29, 0.717) is 26.2 Å². The second kappa shape index (κ2) is 7.37. The molecule has 2 aromatic rings. The number of morpholine rings is 1. The molecule has 0 saturated carbocycles. The summed E-state index contributed by atoms with van der Waals surface area (Å²) >= 11 is 0. The number of methoxy groups -OCH3 is 1. The Kier molecular flexibility index (Phi) is 5.20. The van der Waals surface area contributed by atoms with E-state index in [2.05, 4.69) is 10.00 Å². The number of anilines is 1. The molecule has 0 unspecified atom stereocenters. The first kappa shape index (κ1) is 17.6. The molecule has 1 fully saturated rings. The van der Waals surface area contributed by atoms with Crippen LogP contribution in [0.4, 0.5) is 5.69 Å². The number of rotatable bonds is 5. The lowest BCUT2D eigenvalue weighted by molar-refractivity contribution is -0.106. The molecule has 3 rings (SSSR count). The fraction of sp³-hybridized carbons (Fsp3) is 0.474. The van der Waals surface area contributed by atoms with E-state index in [1.807, 2.05) is 44.2 Å². The summed E-state index contributed by atoms with van der Waals surface area (Å²) in [5.74, 6) is 0. The monoisotopic (exact) mass is 343 g/mol. The molecule has 0 spiro atoms. The van der Waals surface area contributed by atoms with E-state index in [1.165, 1.54) is 4.68 Å². The normalized spacial score (nSPS) is 19.8. The fourth-order valence-electron chi connectivity index (χ4n) is 3.24. The third-order valence-corrected chi connectivity index (χ3v) is 4.23. The van der Waals surface area contributed by atoms with Crippen molar-refractivity contribution in [3.05, 3.63) is 58.5 Å². The SMILES string of the molecule is COC[C@H]1CN(c2cnn(Cc3ccccc3)c(=O)c2)CC(C)(C)O1. The third-order valence-electron chi connectivity index (χ3n) is 4.23. The second-order valence-corrected chi connectivity index (χ2v) is 7.03. The maximum atomic E-state index is 12.5. The fourth-order valence-corrected chi connectivity index (χ4v) is 3.24. The maximum Gasteiger partial charge on any atom is 0.269 e. The summed E-state index contributed by atoms with van der Waals surface area (Å²) in [7, 11) is 1.67. The van der Waals surface area contributed by atoms with E-state index in [0.717, 1.165) is 11.3 Å². The average Bonchev–Trinajstić information content (AvgIpc) is 2.56. The zero-order chi connectivity index (χ0) is 17.9. The van der Waals surface area contributed by atoms with Crippen molar-refractivity contribution >= 4 is 5.69 Å². The first-order chi connectivity index (χ1) is 12.0. The summed E-state index contributed by atoms with van der Waals surface area (Å²) in [6.07, 6.45) is 1.73. The van der Waals surface area contributed by atoms with Crippen molar-refractivity contribution in [1.29, 1.82) is 0 Å². The zero-order valence-corrected chi connectivity index (χ0v) is 15.0. The molecule has 0 bridgehead atoms. The molecular weight excluding hydrogens is 318 g/mol. The van der Waals surface area contributed by atoms with E-state index in [-0.39, 0.29) is 17.3 Å². The van der Waals surface area contributed by atoms with E-state index < -0.39 is 0 Å². The van der Waals surface area contributed by atoms with Crippen molar-refractivity contribution in [3.8, 4) is 0 Å². The Hall–Kier alpha value is -2.18. The van der Waals surface area contributed by atoms with E-state index in [1.54, 1.807) is 19.4 Å². The molecule has 1 saturated heterocycles. The van der Waals surface area contributed by atoms with Gasteiger partial charge in [-0.1, -0.05) is 30.3 Å². The van der Waals surface area contributed by atoms with Crippen molar-refractivity contribution in [2.24, 2.45) is 0 Å². The highest BCUT2D eigenvalue weighted by molar-refractivity contribution is 5.44. The van der Waals surface area contributed by atoms with Crippen LogP contribution in [0.5, 0.6) is 0 Å². The summed E-state index contributed by atoms with van der Waals surface area (Å²) in [5.41, 5.74) is 1.47. The van der Waals surface area contributed by atoms with Crippen LogP contribution in [0.15, 0.2) is 47.4 Å². The molecule has 1 aromatic heterocycles. The standard InChI is InChI=1S/C19H25N3O3/c1-19(2)14-21(12-17(25-19)13-24-3)16-9-18(23)22(20-10-16)11-15-7-5-4-6-8-15/h4-10,17H,11-14H2,1-3H3/t17-/m1/s1. The van der Waals surface area contributed by atoms with Crippen LogP contribution in [0, 0.1) is 0 Å². The van der Waals surface area contributed by atoms with Crippen LogP contribution < -0.4 is 10.5 Å². The molecular formula is C19H25N3O3. The molecule has 6 nitrogen and oxygen atoms in total. The van der Waals surface area contributed by atoms with Gasteiger partial charge in [-0.05, 0) is 19.4 Å². The summed E-state index contributed by atoms with van der Waals surface area (Å²) in [5, 5.41) is 4.36. The molecule has 0 aliphatic carbocycles. The van der Waals surface area contributed by atoms with Crippen LogP contribution in [-0.2, 0) is 16.0 Å². The van der Waals surface area contributed by atoms with E-state index in [4.69, 9.17) is 9.47 Å². The largest absolute Gasteiger partial charge is 0.382 e. The molecule has 2 heterocycles. The quantitative estimate of drug-likeness (QED) is 0.830. The number of hydrogen-bond acceptors (Lipinski definition) is 5. The lowest BCUT2D eigenvalue weighted by Gasteiger charge is -2.43. The van der Waals surface area contributed by atoms with E-state index >= 15 is 0 Å². The van der Waals surface area contributed by atoms with Gasteiger partial charge >= 0.3 is 0 Å². The van der Waals surface area contributed by atoms with Crippen molar-refractivity contribution in [2.45, 2.75) is 32.1 Å². The molecule has 1 aliphatic rings. The minimum absolute atomic E-state index is 0.0273. The third kappa shape index (κ3) is 4.46. The minimum Gasteiger partial charge on any atom is -0.382 e. The highest BCUT2D eigenvalue weighted by Gasteiger charge is 2.33. The first-order valence-electron chi connectivity index (χ1n) is 8.50. The van der Waals surface area contributed by atoms with Gasteiger partial charge in [0.15, 0.2) is 0 Å². The highest BCUT2D eigenvalue weighted by atomic mass is 16.5. The highest BCUT2D eigenvalue weighted by Crippen LogP contribution is 2.25. The van der Waals surface area contributed by atoms with Crippen molar-refractivity contribution < 1.29 is 9.47 Å². The Bertz CT molecular complexity index is 758. The van der Waals surface area contributed by atoms with Gasteiger partial charge in [0.25, 0.3) is 5.56 Å². The van der Waals surface area contributed by atoms with Gasteiger partial charge in [-0.15, -0.1) is 0 Å². The predicted molar refractivity (Wildman–Crippen MR) is 97.1 cm³/mol. The molecule has 0 amide bonds. The summed E-state index contributed by atoms with van der Waals surface area (Å²) in [6.45, 7) is 6.48. The number of ether oxygens (including phenoxy) is 2. The zero-order valence-electron chi connectivity index (χ0n) is 15.0. The Morgan fingerprint density at radius 2 is 2.08 bits per heavy atom. The summed E-state index contributed by atoms with van der Waals surface area (Å²) < 4.78 is 12.7. The van der Waals surface area contributed by atoms with Gasteiger partial charge in [-0.3, -0.25) is 4.79 Å². The molecule has 6 heteroatoms. The molecule has 134 valence electrons. The van der Waals surface area contributed by atoms with Crippen LogP contribution in [0.3, 0.4) is 0 Å². The van der Waals surface area contributed by atoms with Crippen LogP contribution >= 0.6 is 0 Å². The lowest BCUT2D eigenvalue weighted by Crippen LogP contribution is -2.54. The summed E-state index contributed by atoms with van der Waals surface area (Å²) in [4.78, 5) is 14.6. The molecule has 1 aliphatic heterocycles. The average molecular weight is 343 g/mol. The molecule has 25 heavy (non-hydrogen) atoms. The van der Waals surface area contributed by atoms with Crippen molar-refractivity contribution in [1.82, 2.24) is 9.78 Å². The topological polar surface area (TPSA) is 56.6 Å². The number of aromatic nitrogens is 2. The van der Waals surface area contributed by atoms with Crippen LogP contribution in [0.2, 0.25) is 0 Å². The predicted octanol–water partition coefficient (Wildman–Crippen LogP) is 1.92. The second-order valence-electron chi connectivity index (χ2n) is 7.03. The number of benzene rings is 1. The van der Waals surface area contributed by atoms with E-state index in [9.17, 15) is 4.79 Å². The van der Waals surface area contributed by atoms with Gasteiger partial charge in [0, 0.05) is 26.3 Å². The van der Waals surface area contributed by atoms with Crippen molar-refractivity contribution in [2.75, 3.05) is 31.7 Å². The Balaban J connectivity index is 1.78. The van der Waals surface area contributed by atoms with Crippen LogP contribution in [0.25, 0.3) is 0 Å². The van der Waals surface area contributed by atoms with Crippen LogP contribution in [-0.4, -0.2) is 48.3 Å². The Morgan fingerprint density at radius 1 is 1.32 bits per heavy atom. The van der Waals surface area contributed by atoms with Gasteiger partial charge < -0.3 is 14.4 Å². The molecule has 0 radical (unpaired) electrons. The Morgan fingerprint density at radius 3 is 2.76 bits per heavy atom. The molecule has 1 atom stereocenters. The van der Waals surface area contributed by atoms with Gasteiger partial charge in [-0.2, -0.15) is 5.10 Å². The van der Waals surface area contributed by atoms with Gasteiger partial charge in [0.2, 0.25) is 0 Å². The lowest BCUT2D eigenvalue weighted by atomic mass is 10.0. The summed E-state index contributed by atoms with van der Waals surface area (Å²) in [6, 6.07) is 11.5. The maximum absolute atomic E-state index is 12.5. The van der Waals surface area contributed by atoms with Gasteiger partial charge in [0.1, 0.15) is 0 Å². The Labute approximate surface area is 148 Å². The van der Waals surface area contributed by atoms with Crippen molar-refractivity contribution in [3.63, 3.8) is 0 Å². The van der Waals surface area contributed by atoms with Gasteiger partial charge in [-0.25, -0.2) is 4.68 Å². The molecule has 1 aromatic carbocycles. The smallest absolute Gasteiger partial charge is 0.269 e. The van der Waals surface area contributed by atoms with Gasteiger partial charge in [0.05, 0.1) is 36.7 Å². The first-order valence-corrected chi connectivity index (χ1v) is 8.50.